The van der Waals surface area contributed by atoms with E-state index in [4.69, 9.17) is 23.2 Å². The Kier molecular flexibility index (Phi) is 7.42. The fourth-order valence-electron chi connectivity index (χ4n) is 3.47. The Balaban J connectivity index is 1.78. The van der Waals surface area contributed by atoms with Crippen molar-refractivity contribution in [2.24, 2.45) is 0 Å². The Labute approximate surface area is 216 Å². The van der Waals surface area contributed by atoms with Crippen LogP contribution in [0.1, 0.15) is 24.7 Å². The lowest BCUT2D eigenvalue weighted by atomic mass is 10.2. The molecule has 4 rings (SSSR count). The summed E-state index contributed by atoms with van der Waals surface area (Å²) in [6, 6.07) is 9.34. The lowest BCUT2D eigenvalue weighted by Gasteiger charge is -2.15. The van der Waals surface area contributed by atoms with Crippen molar-refractivity contribution in [1.29, 1.82) is 0 Å². The van der Waals surface area contributed by atoms with E-state index in [0.29, 0.717) is 9.59 Å². The number of aliphatic hydroxyl groups is 2. The molecule has 4 aromatic rings. The molecular weight excluding hydrogens is 543 g/mol. The van der Waals surface area contributed by atoms with Gasteiger partial charge in [0.1, 0.15) is 18.5 Å². The summed E-state index contributed by atoms with van der Waals surface area (Å²) in [5.41, 5.74) is -0.496. The highest BCUT2D eigenvalue weighted by Gasteiger charge is 2.39. The Hall–Kier alpha value is -3.26. The summed E-state index contributed by atoms with van der Waals surface area (Å²) in [7, 11) is 0. The van der Waals surface area contributed by atoms with Gasteiger partial charge in [-0.2, -0.15) is 13.2 Å². The van der Waals surface area contributed by atoms with Gasteiger partial charge in [0.25, 0.3) is 0 Å². The fraction of sp³-hybridized carbons (Fsp3) is 0.273. The van der Waals surface area contributed by atoms with Crippen molar-refractivity contribution in [2.75, 3.05) is 0 Å². The van der Waals surface area contributed by atoms with Crippen LogP contribution in [0.25, 0.3) is 17.1 Å². The third-order valence-corrected chi connectivity index (χ3v) is 5.79. The normalized spacial score (nSPS) is 13.6. The Morgan fingerprint density at radius 3 is 2.32 bits per heavy atom. The van der Waals surface area contributed by atoms with Gasteiger partial charge in [-0.1, -0.05) is 23.2 Å². The fourth-order valence-corrected chi connectivity index (χ4v) is 3.84. The first kappa shape index (κ1) is 26.8. The Morgan fingerprint density at radius 1 is 1.05 bits per heavy atom. The second-order valence-electron chi connectivity index (χ2n) is 8.01. The third kappa shape index (κ3) is 5.69. The van der Waals surface area contributed by atoms with Gasteiger partial charge in [-0.3, -0.25) is 4.57 Å². The molecule has 0 saturated carbocycles. The molecule has 0 aliphatic carbocycles. The molecule has 0 aliphatic heterocycles. The molecule has 0 saturated heterocycles. The van der Waals surface area contributed by atoms with E-state index in [0.717, 1.165) is 21.5 Å². The molecule has 37 heavy (non-hydrogen) atoms. The van der Waals surface area contributed by atoms with Crippen molar-refractivity contribution in [1.82, 2.24) is 29.1 Å². The standard InChI is InChI=1S/C22H18Cl2F4N6O3/c1-11(35)19-29-18(30-34(19)16-7-6-14(25)8-15(16)24)10-33-21(37)32(9-17(36)22(26,27)28)20(31-33)12-2-4-13(23)5-3-12/h2-8,11,17,35-36H,9-10H2,1H3. The average Bonchev–Trinajstić information content (AvgIpc) is 3.36. The quantitative estimate of drug-likeness (QED) is 0.333. The van der Waals surface area contributed by atoms with E-state index in [9.17, 15) is 32.6 Å². The van der Waals surface area contributed by atoms with Gasteiger partial charge < -0.3 is 10.2 Å². The molecule has 0 aliphatic rings. The minimum absolute atomic E-state index is 0.0152. The van der Waals surface area contributed by atoms with Crippen LogP contribution in [0.3, 0.4) is 0 Å². The van der Waals surface area contributed by atoms with Crippen molar-refractivity contribution < 1.29 is 27.8 Å². The molecule has 0 fully saturated rings. The van der Waals surface area contributed by atoms with Gasteiger partial charge >= 0.3 is 11.9 Å². The van der Waals surface area contributed by atoms with Crippen molar-refractivity contribution in [3.63, 3.8) is 0 Å². The number of rotatable bonds is 7. The first-order valence-electron chi connectivity index (χ1n) is 10.6. The zero-order chi connectivity index (χ0) is 27.1. The van der Waals surface area contributed by atoms with Gasteiger partial charge in [-0.05, 0) is 49.4 Å². The van der Waals surface area contributed by atoms with E-state index in [1.165, 1.54) is 37.3 Å². The van der Waals surface area contributed by atoms with Gasteiger partial charge in [-0.15, -0.1) is 10.2 Å². The summed E-state index contributed by atoms with van der Waals surface area (Å²) < 4.78 is 55.4. The lowest BCUT2D eigenvalue weighted by molar-refractivity contribution is -0.207. The second-order valence-corrected chi connectivity index (χ2v) is 8.85. The third-order valence-electron chi connectivity index (χ3n) is 5.24. The van der Waals surface area contributed by atoms with E-state index >= 15 is 0 Å². The van der Waals surface area contributed by atoms with Gasteiger partial charge in [0.05, 0.1) is 17.3 Å². The van der Waals surface area contributed by atoms with Crippen LogP contribution in [-0.2, 0) is 13.1 Å². The summed E-state index contributed by atoms with van der Waals surface area (Å²) >= 11 is 12.0. The summed E-state index contributed by atoms with van der Waals surface area (Å²) in [5, 5.41) is 28.5. The molecule has 2 N–H and O–H groups in total. The highest BCUT2D eigenvalue weighted by Crippen LogP contribution is 2.26. The first-order chi connectivity index (χ1) is 17.3. The van der Waals surface area contributed by atoms with Crippen molar-refractivity contribution >= 4 is 23.2 Å². The molecule has 2 unspecified atom stereocenters. The van der Waals surface area contributed by atoms with E-state index in [2.05, 4.69) is 15.2 Å². The maximum atomic E-state index is 13.5. The molecule has 0 amide bonds. The number of hydrogen-bond acceptors (Lipinski definition) is 6. The van der Waals surface area contributed by atoms with Crippen LogP contribution in [0.15, 0.2) is 47.3 Å². The molecule has 15 heteroatoms. The van der Waals surface area contributed by atoms with Crippen molar-refractivity contribution in [2.45, 2.75) is 38.4 Å². The summed E-state index contributed by atoms with van der Waals surface area (Å²) in [6.45, 7) is -0.105. The summed E-state index contributed by atoms with van der Waals surface area (Å²) in [5.74, 6) is -0.772. The number of aliphatic hydroxyl groups excluding tert-OH is 2. The zero-order valence-corrected chi connectivity index (χ0v) is 20.4. The SMILES string of the molecule is CC(O)c1nc(Cn2nc(-c3ccc(Cl)cc3)n(CC(O)C(F)(F)F)c2=O)nn1-c1ccc(F)cc1Cl. The molecule has 2 aromatic heterocycles. The predicted molar refractivity (Wildman–Crippen MR) is 125 cm³/mol. The van der Waals surface area contributed by atoms with Crippen LogP contribution in [-0.4, -0.2) is 51.6 Å². The summed E-state index contributed by atoms with van der Waals surface area (Å²) in [4.78, 5) is 17.3. The van der Waals surface area contributed by atoms with E-state index < -0.39 is 43.0 Å². The van der Waals surface area contributed by atoms with Crippen LogP contribution in [0, 0.1) is 5.82 Å². The van der Waals surface area contributed by atoms with E-state index in [1.807, 2.05) is 0 Å². The number of aromatic nitrogens is 6. The van der Waals surface area contributed by atoms with Crippen LogP contribution in [0.2, 0.25) is 10.0 Å². The maximum Gasteiger partial charge on any atom is 0.416 e. The smallest absolute Gasteiger partial charge is 0.385 e. The predicted octanol–water partition coefficient (Wildman–Crippen LogP) is 3.76. The van der Waals surface area contributed by atoms with Crippen molar-refractivity contribution in [3.05, 3.63) is 80.5 Å². The number of nitrogens with zero attached hydrogens (tertiary/aromatic N) is 6. The average molecular weight is 561 g/mol. The van der Waals surface area contributed by atoms with Crippen LogP contribution >= 0.6 is 23.2 Å². The second kappa shape index (κ2) is 10.2. The first-order valence-corrected chi connectivity index (χ1v) is 11.4. The van der Waals surface area contributed by atoms with Crippen molar-refractivity contribution in [3.8, 4) is 17.1 Å². The monoisotopic (exact) mass is 560 g/mol. The topological polar surface area (TPSA) is 111 Å². The molecule has 2 atom stereocenters. The highest BCUT2D eigenvalue weighted by molar-refractivity contribution is 6.32. The lowest BCUT2D eigenvalue weighted by Crippen LogP contribution is -2.37. The minimum atomic E-state index is -4.97. The minimum Gasteiger partial charge on any atom is -0.385 e. The highest BCUT2D eigenvalue weighted by atomic mass is 35.5. The molecule has 2 aromatic carbocycles. The Bertz CT molecular complexity index is 1480. The molecule has 9 nitrogen and oxygen atoms in total. The number of benzene rings is 2. The van der Waals surface area contributed by atoms with Gasteiger partial charge in [0.15, 0.2) is 23.6 Å². The van der Waals surface area contributed by atoms with E-state index in [-0.39, 0.29) is 33.7 Å². The molecule has 0 bridgehead atoms. The molecule has 2 heterocycles. The molecule has 0 spiro atoms. The maximum absolute atomic E-state index is 13.5. The largest absolute Gasteiger partial charge is 0.416 e. The van der Waals surface area contributed by atoms with Crippen LogP contribution in [0.5, 0.6) is 0 Å². The van der Waals surface area contributed by atoms with Gasteiger partial charge in [0.2, 0.25) is 0 Å². The molecule has 196 valence electrons. The molecule has 0 radical (unpaired) electrons. The van der Waals surface area contributed by atoms with E-state index in [1.54, 1.807) is 0 Å². The summed E-state index contributed by atoms with van der Waals surface area (Å²) in [6.07, 6.45) is -8.95. The Morgan fingerprint density at radius 2 is 1.73 bits per heavy atom. The molecular formula is C22H18Cl2F4N6O3. The van der Waals surface area contributed by atoms with Gasteiger partial charge in [-0.25, -0.2) is 23.5 Å². The van der Waals surface area contributed by atoms with Gasteiger partial charge in [0, 0.05) is 10.6 Å². The number of hydrogen-bond donors (Lipinski definition) is 2. The van der Waals surface area contributed by atoms with Crippen LogP contribution in [0.4, 0.5) is 17.6 Å². The zero-order valence-electron chi connectivity index (χ0n) is 18.9. The number of alkyl halides is 3. The van der Waals surface area contributed by atoms with Crippen LogP contribution < -0.4 is 5.69 Å². The number of halogens is 6.